The van der Waals surface area contributed by atoms with Gasteiger partial charge in [0.05, 0.1) is 15.4 Å². The number of carbonyl (C=O) groups excluding carboxylic acids is 2. The number of hydroxylamine groups is 1. The molecule has 2 aromatic rings. The summed E-state index contributed by atoms with van der Waals surface area (Å²) < 4.78 is 0. The summed E-state index contributed by atoms with van der Waals surface area (Å²) in [6, 6.07) is 9.26. The molecule has 0 aliphatic heterocycles. The molecule has 0 spiro atoms. The Hall–Kier alpha value is -3.82. The first-order valence-corrected chi connectivity index (χ1v) is 6.39. The van der Waals surface area contributed by atoms with Gasteiger partial charge in [0.25, 0.3) is 17.3 Å². The zero-order chi connectivity index (χ0) is 17.7. The summed E-state index contributed by atoms with van der Waals surface area (Å²) >= 11 is 0. The summed E-state index contributed by atoms with van der Waals surface area (Å²) in [4.78, 5) is 47.8. The van der Waals surface area contributed by atoms with E-state index >= 15 is 0 Å². The second kappa shape index (κ2) is 6.96. The number of nitrogens with one attached hydrogen (secondary N) is 1. The molecule has 2 rings (SSSR count). The molecule has 10 heteroatoms. The second-order valence-corrected chi connectivity index (χ2v) is 4.43. The van der Waals surface area contributed by atoms with Crippen molar-refractivity contribution in [3.8, 4) is 0 Å². The van der Waals surface area contributed by atoms with Crippen LogP contribution in [0.5, 0.6) is 0 Å². The second-order valence-electron chi connectivity index (χ2n) is 4.43. The minimum atomic E-state index is -0.917. The van der Waals surface area contributed by atoms with Crippen LogP contribution in [-0.2, 0) is 4.84 Å². The minimum absolute atomic E-state index is 0.00426. The maximum atomic E-state index is 11.8. The van der Waals surface area contributed by atoms with E-state index in [0.29, 0.717) is 0 Å². The topological polar surface area (TPSA) is 142 Å². The molecular formula is C14H9N3O7. The monoisotopic (exact) mass is 331 g/mol. The fourth-order valence-corrected chi connectivity index (χ4v) is 1.66. The normalized spacial score (nSPS) is 9.83. The van der Waals surface area contributed by atoms with Crippen molar-refractivity contribution >= 4 is 23.3 Å². The average molecular weight is 331 g/mol. The maximum Gasteiger partial charge on any atom is 0.362 e. The first-order valence-electron chi connectivity index (χ1n) is 6.39. The number of hydrogen-bond acceptors (Lipinski definition) is 7. The molecule has 0 fully saturated rings. The highest BCUT2D eigenvalue weighted by atomic mass is 16.7. The third-order valence-electron chi connectivity index (χ3n) is 2.89. The van der Waals surface area contributed by atoms with Gasteiger partial charge in [-0.1, -0.05) is 0 Å². The zero-order valence-corrected chi connectivity index (χ0v) is 11.9. The Bertz CT molecular complexity index is 731. The smallest absolute Gasteiger partial charge is 0.335 e. The Morgan fingerprint density at radius 2 is 1.21 bits per heavy atom. The Kier molecular flexibility index (Phi) is 4.80. The highest BCUT2D eigenvalue weighted by Crippen LogP contribution is 2.13. The van der Waals surface area contributed by atoms with Crippen LogP contribution in [0.1, 0.15) is 20.7 Å². The molecule has 0 aliphatic carbocycles. The maximum absolute atomic E-state index is 11.8. The van der Waals surface area contributed by atoms with E-state index in [4.69, 9.17) is 0 Å². The van der Waals surface area contributed by atoms with Gasteiger partial charge in [-0.2, -0.15) is 5.48 Å². The Labute approximate surface area is 133 Å². The quantitative estimate of drug-likeness (QED) is 0.667. The number of nitro benzene ring substituents is 2. The van der Waals surface area contributed by atoms with Crippen LogP contribution < -0.4 is 5.48 Å². The van der Waals surface area contributed by atoms with Crippen LogP contribution in [-0.4, -0.2) is 21.7 Å². The Balaban J connectivity index is 1.96. The number of rotatable bonds is 4. The van der Waals surface area contributed by atoms with Gasteiger partial charge in [-0.05, 0) is 24.3 Å². The first kappa shape index (κ1) is 16.5. The number of amides is 1. The lowest BCUT2D eigenvalue weighted by Gasteiger charge is -2.05. The van der Waals surface area contributed by atoms with Crippen LogP contribution in [0, 0.1) is 20.2 Å². The molecule has 1 amide bonds. The van der Waals surface area contributed by atoms with Gasteiger partial charge in [0.1, 0.15) is 0 Å². The van der Waals surface area contributed by atoms with E-state index in [-0.39, 0.29) is 22.5 Å². The average Bonchev–Trinajstić information content (AvgIpc) is 2.59. The largest absolute Gasteiger partial charge is 0.362 e. The molecule has 0 saturated heterocycles. The summed E-state index contributed by atoms with van der Waals surface area (Å²) in [7, 11) is 0. The van der Waals surface area contributed by atoms with Gasteiger partial charge in [-0.3, -0.25) is 25.0 Å². The first-order chi connectivity index (χ1) is 11.4. The van der Waals surface area contributed by atoms with Crippen LogP contribution >= 0.6 is 0 Å². The lowest BCUT2D eigenvalue weighted by molar-refractivity contribution is -0.385. The molecule has 2 aromatic carbocycles. The fraction of sp³-hybridized carbons (Fsp3) is 0. The molecule has 10 nitrogen and oxygen atoms in total. The van der Waals surface area contributed by atoms with E-state index in [9.17, 15) is 29.8 Å². The van der Waals surface area contributed by atoms with Gasteiger partial charge in [-0.25, -0.2) is 4.79 Å². The van der Waals surface area contributed by atoms with Crippen molar-refractivity contribution in [3.05, 3.63) is 79.9 Å². The predicted octanol–water partition coefficient (Wildman–Crippen LogP) is 2.00. The summed E-state index contributed by atoms with van der Waals surface area (Å²) in [6.07, 6.45) is 0. The van der Waals surface area contributed by atoms with Crippen molar-refractivity contribution in [1.82, 2.24) is 5.48 Å². The lowest BCUT2D eigenvalue weighted by Crippen LogP contribution is -2.27. The number of hydrogen-bond donors (Lipinski definition) is 1. The van der Waals surface area contributed by atoms with Gasteiger partial charge in [-0.15, -0.1) is 0 Å². The molecule has 0 atom stereocenters. The highest BCUT2D eigenvalue weighted by Gasteiger charge is 2.14. The summed E-state index contributed by atoms with van der Waals surface area (Å²) in [5.74, 6) is -1.69. The van der Waals surface area contributed by atoms with Crippen molar-refractivity contribution in [3.63, 3.8) is 0 Å². The van der Waals surface area contributed by atoms with Gasteiger partial charge >= 0.3 is 5.97 Å². The summed E-state index contributed by atoms with van der Waals surface area (Å²) in [5, 5.41) is 21.0. The van der Waals surface area contributed by atoms with Gasteiger partial charge in [0.15, 0.2) is 0 Å². The number of nitrogens with zero attached hydrogens (tertiary/aromatic N) is 2. The van der Waals surface area contributed by atoms with Crippen molar-refractivity contribution in [2.24, 2.45) is 0 Å². The minimum Gasteiger partial charge on any atom is -0.335 e. The van der Waals surface area contributed by atoms with Crippen molar-refractivity contribution in [2.75, 3.05) is 0 Å². The van der Waals surface area contributed by atoms with E-state index in [0.717, 1.165) is 24.3 Å². The van der Waals surface area contributed by atoms with Crippen LogP contribution in [0.2, 0.25) is 0 Å². The fourth-order valence-electron chi connectivity index (χ4n) is 1.66. The van der Waals surface area contributed by atoms with Gasteiger partial charge < -0.3 is 4.84 Å². The van der Waals surface area contributed by atoms with Gasteiger partial charge in [0.2, 0.25) is 0 Å². The molecule has 0 saturated carbocycles. The number of carbonyl (C=O) groups is 2. The van der Waals surface area contributed by atoms with E-state index in [1.165, 1.54) is 24.3 Å². The molecule has 122 valence electrons. The van der Waals surface area contributed by atoms with E-state index in [2.05, 4.69) is 4.84 Å². The van der Waals surface area contributed by atoms with Crippen molar-refractivity contribution in [1.29, 1.82) is 0 Å². The number of nitro groups is 2. The molecular weight excluding hydrogens is 322 g/mol. The predicted molar refractivity (Wildman–Crippen MR) is 79.1 cm³/mol. The van der Waals surface area contributed by atoms with Crippen LogP contribution in [0.3, 0.4) is 0 Å². The summed E-state index contributed by atoms with van der Waals surface area (Å²) in [6.45, 7) is 0. The molecule has 0 aromatic heterocycles. The van der Waals surface area contributed by atoms with Crippen molar-refractivity contribution in [2.45, 2.75) is 0 Å². The SMILES string of the molecule is O=C(NOC(=O)c1ccc([N+](=O)[O-])cc1)c1ccc([N+](=O)[O-])cc1. The van der Waals surface area contributed by atoms with E-state index in [1.54, 1.807) is 0 Å². The molecule has 0 heterocycles. The van der Waals surface area contributed by atoms with Gasteiger partial charge in [0, 0.05) is 29.8 Å². The molecule has 1 N–H and O–H groups in total. The van der Waals surface area contributed by atoms with E-state index < -0.39 is 21.7 Å². The molecule has 0 radical (unpaired) electrons. The Morgan fingerprint density at radius 1 is 0.792 bits per heavy atom. The third-order valence-corrected chi connectivity index (χ3v) is 2.89. The van der Waals surface area contributed by atoms with Crippen molar-refractivity contribution < 1.29 is 24.3 Å². The summed E-state index contributed by atoms with van der Waals surface area (Å²) in [5.41, 5.74) is 1.57. The standard InChI is InChI=1S/C14H9N3O7/c18-13(9-1-5-11(6-2-9)16(20)21)15-24-14(19)10-3-7-12(8-4-10)17(22)23/h1-8H,(H,15,18). The molecule has 0 bridgehead atoms. The van der Waals surface area contributed by atoms with Crippen LogP contribution in [0.25, 0.3) is 0 Å². The van der Waals surface area contributed by atoms with Crippen LogP contribution in [0.15, 0.2) is 48.5 Å². The lowest BCUT2D eigenvalue weighted by atomic mass is 10.2. The molecule has 0 unspecified atom stereocenters. The number of non-ortho nitro benzene ring substituents is 2. The van der Waals surface area contributed by atoms with E-state index in [1.807, 2.05) is 5.48 Å². The van der Waals surface area contributed by atoms with Crippen LogP contribution in [0.4, 0.5) is 11.4 Å². The zero-order valence-electron chi connectivity index (χ0n) is 11.9. The molecule has 0 aliphatic rings. The number of benzene rings is 2. The highest BCUT2D eigenvalue weighted by molar-refractivity contribution is 5.96. The third kappa shape index (κ3) is 3.88. The molecule has 24 heavy (non-hydrogen) atoms. The Morgan fingerprint density at radius 3 is 1.62 bits per heavy atom.